The van der Waals surface area contributed by atoms with E-state index in [1.807, 2.05) is 26.8 Å². The smallest absolute Gasteiger partial charge is 0.207 e. The second-order valence-electron chi connectivity index (χ2n) is 6.30. The van der Waals surface area contributed by atoms with E-state index in [0.29, 0.717) is 10.8 Å². The number of sulfonamides is 1. The number of rotatable bonds is 5. The van der Waals surface area contributed by atoms with Gasteiger partial charge >= 0.3 is 0 Å². The summed E-state index contributed by atoms with van der Waals surface area (Å²) >= 11 is 0. The predicted molar refractivity (Wildman–Crippen MR) is 82.3 cm³/mol. The molecule has 20 heavy (non-hydrogen) atoms. The summed E-state index contributed by atoms with van der Waals surface area (Å²) in [7, 11) is -3.39. The van der Waals surface area contributed by atoms with E-state index >= 15 is 0 Å². The molecular weight excluding hydrogens is 270 g/mol. The van der Waals surface area contributed by atoms with Crippen molar-refractivity contribution in [1.29, 1.82) is 0 Å². The highest BCUT2D eigenvalue weighted by molar-refractivity contribution is 7.89. The lowest BCUT2D eigenvalue weighted by atomic mass is 10.1. The lowest BCUT2D eigenvalue weighted by Crippen LogP contribution is -2.43. The number of benzene rings is 1. The standard InChI is InChI=1S/C16H25NO2S/c1-11(2)14(5)17(15-7-8-15)20(18,19)16-9-6-12(3)13(4)10-16/h6,9-11,14-15H,7-8H2,1-5H3. The van der Waals surface area contributed by atoms with Crippen LogP contribution in [0.3, 0.4) is 0 Å². The minimum Gasteiger partial charge on any atom is -0.207 e. The van der Waals surface area contributed by atoms with Crippen LogP contribution in [0.25, 0.3) is 0 Å². The molecule has 3 nitrogen and oxygen atoms in total. The molecule has 1 fully saturated rings. The number of nitrogens with zero attached hydrogens (tertiary/aromatic N) is 1. The summed E-state index contributed by atoms with van der Waals surface area (Å²) in [5.41, 5.74) is 2.15. The molecule has 1 atom stereocenters. The molecule has 4 heteroatoms. The Balaban J connectivity index is 2.42. The van der Waals surface area contributed by atoms with E-state index < -0.39 is 10.0 Å². The minimum absolute atomic E-state index is 0.0362. The lowest BCUT2D eigenvalue weighted by molar-refractivity contribution is 0.269. The Kier molecular flexibility index (Phi) is 4.26. The topological polar surface area (TPSA) is 37.4 Å². The van der Waals surface area contributed by atoms with Gasteiger partial charge in [-0.1, -0.05) is 19.9 Å². The number of hydrogen-bond acceptors (Lipinski definition) is 2. The molecule has 2 rings (SSSR count). The molecule has 112 valence electrons. The molecule has 0 spiro atoms. The van der Waals surface area contributed by atoms with E-state index in [1.165, 1.54) is 0 Å². The van der Waals surface area contributed by atoms with Gasteiger partial charge in [0.25, 0.3) is 0 Å². The molecule has 0 radical (unpaired) electrons. The maximum atomic E-state index is 12.9. The molecule has 0 amide bonds. The number of aryl methyl sites for hydroxylation is 2. The largest absolute Gasteiger partial charge is 0.243 e. The number of hydrogen-bond donors (Lipinski definition) is 0. The van der Waals surface area contributed by atoms with Crippen molar-refractivity contribution < 1.29 is 8.42 Å². The van der Waals surface area contributed by atoms with Gasteiger partial charge in [0.15, 0.2) is 0 Å². The van der Waals surface area contributed by atoms with Gasteiger partial charge in [-0.3, -0.25) is 0 Å². The van der Waals surface area contributed by atoms with Gasteiger partial charge in [0.05, 0.1) is 4.90 Å². The summed E-state index contributed by atoms with van der Waals surface area (Å²) < 4.78 is 27.6. The van der Waals surface area contributed by atoms with Gasteiger partial charge in [-0.05, 0) is 62.8 Å². The molecule has 0 heterocycles. The molecule has 1 aliphatic rings. The molecule has 1 aliphatic carbocycles. The van der Waals surface area contributed by atoms with Crippen LogP contribution in [0.15, 0.2) is 23.1 Å². The van der Waals surface area contributed by atoms with E-state index in [9.17, 15) is 8.42 Å². The van der Waals surface area contributed by atoms with Crippen LogP contribution in [0.5, 0.6) is 0 Å². The van der Waals surface area contributed by atoms with Crippen molar-refractivity contribution in [3.63, 3.8) is 0 Å². The first-order valence-corrected chi connectivity index (χ1v) is 8.80. The molecular formula is C16H25NO2S. The molecule has 1 aromatic carbocycles. The third-order valence-corrected chi connectivity index (χ3v) is 6.36. The quantitative estimate of drug-likeness (QED) is 0.833. The van der Waals surface area contributed by atoms with E-state index in [4.69, 9.17) is 0 Å². The van der Waals surface area contributed by atoms with Crippen molar-refractivity contribution in [1.82, 2.24) is 4.31 Å². The Morgan fingerprint density at radius 3 is 2.15 bits per heavy atom. The zero-order valence-corrected chi connectivity index (χ0v) is 13.9. The first kappa shape index (κ1) is 15.5. The Labute approximate surface area is 123 Å². The highest BCUT2D eigenvalue weighted by Gasteiger charge is 2.41. The summed E-state index contributed by atoms with van der Waals surface area (Å²) in [6, 6.07) is 5.66. The maximum Gasteiger partial charge on any atom is 0.243 e. The van der Waals surface area contributed by atoms with Crippen molar-refractivity contribution >= 4 is 10.0 Å². The van der Waals surface area contributed by atoms with Crippen LogP contribution in [0.4, 0.5) is 0 Å². The van der Waals surface area contributed by atoms with Gasteiger partial charge in [0.1, 0.15) is 0 Å². The average Bonchev–Trinajstić information content (AvgIpc) is 3.16. The molecule has 1 aromatic rings. The highest BCUT2D eigenvalue weighted by atomic mass is 32.2. The lowest BCUT2D eigenvalue weighted by Gasteiger charge is -2.31. The summed E-state index contributed by atoms with van der Waals surface area (Å²) in [6.07, 6.45) is 1.97. The Morgan fingerprint density at radius 2 is 1.70 bits per heavy atom. The van der Waals surface area contributed by atoms with E-state index in [2.05, 4.69) is 13.8 Å². The van der Waals surface area contributed by atoms with Crippen LogP contribution in [-0.2, 0) is 10.0 Å². The molecule has 0 aliphatic heterocycles. The maximum absolute atomic E-state index is 12.9. The van der Waals surface area contributed by atoms with Crippen molar-refractivity contribution in [2.24, 2.45) is 5.92 Å². The van der Waals surface area contributed by atoms with Crippen molar-refractivity contribution in [3.05, 3.63) is 29.3 Å². The van der Waals surface area contributed by atoms with Crippen LogP contribution in [0.1, 0.15) is 44.7 Å². The van der Waals surface area contributed by atoms with Gasteiger partial charge in [-0.2, -0.15) is 4.31 Å². The highest BCUT2D eigenvalue weighted by Crippen LogP contribution is 2.35. The van der Waals surface area contributed by atoms with Gasteiger partial charge in [0, 0.05) is 12.1 Å². The van der Waals surface area contributed by atoms with E-state index in [0.717, 1.165) is 24.0 Å². The molecule has 1 unspecified atom stereocenters. The second kappa shape index (κ2) is 5.49. The minimum atomic E-state index is -3.39. The summed E-state index contributed by atoms with van der Waals surface area (Å²) in [4.78, 5) is 0.431. The van der Waals surface area contributed by atoms with Crippen molar-refractivity contribution in [2.45, 2.75) is 64.4 Å². The summed E-state index contributed by atoms with van der Waals surface area (Å²) in [6.45, 7) is 10.1. The van der Waals surface area contributed by atoms with E-state index in [1.54, 1.807) is 16.4 Å². The van der Waals surface area contributed by atoms with Gasteiger partial charge in [-0.25, -0.2) is 8.42 Å². The summed E-state index contributed by atoms with van der Waals surface area (Å²) in [5, 5.41) is 0. The monoisotopic (exact) mass is 295 g/mol. The van der Waals surface area contributed by atoms with Crippen LogP contribution >= 0.6 is 0 Å². The first-order chi connectivity index (χ1) is 9.25. The molecule has 0 N–H and O–H groups in total. The predicted octanol–water partition coefficient (Wildman–Crippen LogP) is 3.50. The van der Waals surface area contributed by atoms with Crippen LogP contribution in [0, 0.1) is 19.8 Å². The Hall–Kier alpha value is -0.870. The van der Waals surface area contributed by atoms with Crippen molar-refractivity contribution in [2.75, 3.05) is 0 Å². The van der Waals surface area contributed by atoms with Gasteiger partial charge < -0.3 is 0 Å². The Bertz CT molecular complexity index is 588. The van der Waals surface area contributed by atoms with Crippen LogP contribution in [-0.4, -0.2) is 24.8 Å². The molecule has 0 aromatic heterocycles. The van der Waals surface area contributed by atoms with Crippen molar-refractivity contribution in [3.8, 4) is 0 Å². The van der Waals surface area contributed by atoms with Crippen LogP contribution in [0.2, 0.25) is 0 Å². The third-order valence-electron chi connectivity index (χ3n) is 4.33. The summed E-state index contributed by atoms with van der Waals surface area (Å²) in [5.74, 6) is 0.317. The second-order valence-corrected chi connectivity index (χ2v) is 8.14. The molecule has 1 saturated carbocycles. The Morgan fingerprint density at radius 1 is 1.10 bits per heavy atom. The van der Waals surface area contributed by atoms with Gasteiger partial charge in [0.2, 0.25) is 10.0 Å². The normalized spacial score (nSPS) is 17.8. The third kappa shape index (κ3) is 2.91. The van der Waals surface area contributed by atoms with Crippen LogP contribution < -0.4 is 0 Å². The van der Waals surface area contributed by atoms with Gasteiger partial charge in [-0.15, -0.1) is 0 Å². The zero-order valence-electron chi connectivity index (χ0n) is 13.1. The fourth-order valence-corrected chi connectivity index (χ4v) is 4.46. The van der Waals surface area contributed by atoms with E-state index in [-0.39, 0.29) is 12.1 Å². The first-order valence-electron chi connectivity index (χ1n) is 7.36. The SMILES string of the molecule is Cc1ccc(S(=O)(=O)N(C2CC2)C(C)C(C)C)cc1C. The fraction of sp³-hybridized carbons (Fsp3) is 0.625. The molecule has 0 saturated heterocycles. The fourth-order valence-electron chi connectivity index (χ4n) is 2.37. The average molecular weight is 295 g/mol. The molecule has 0 bridgehead atoms. The zero-order chi connectivity index (χ0) is 15.1.